The lowest BCUT2D eigenvalue weighted by Crippen LogP contribution is -2.49. The van der Waals surface area contributed by atoms with E-state index in [-0.39, 0.29) is 5.41 Å². The predicted molar refractivity (Wildman–Crippen MR) is 97.1 cm³/mol. The molecule has 2 heteroatoms. The number of morpholine rings is 1. The van der Waals surface area contributed by atoms with Gasteiger partial charge in [-0.05, 0) is 55.6 Å². The van der Waals surface area contributed by atoms with Crippen molar-refractivity contribution in [2.75, 3.05) is 13.1 Å². The number of benzene rings is 1. The highest BCUT2D eigenvalue weighted by Gasteiger charge is 2.34. The van der Waals surface area contributed by atoms with E-state index in [9.17, 15) is 0 Å². The summed E-state index contributed by atoms with van der Waals surface area (Å²) in [7, 11) is 0. The van der Waals surface area contributed by atoms with E-state index in [4.69, 9.17) is 4.74 Å². The fourth-order valence-electron chi connectivity index (χ4n) is 4.36. The summed E-state index contributed by atoms with van der Waals surface area (Å²) in [6.07, 6.45) is 4.74. The summed E-state index contributed by atoms with van der Waals surface area (Å²) in [5.41, 5.74) is 3.22. The molecule has 2 fully saturated rings. The molecule has 4 atom stereocenters. The van der Waals surface area contributed by atoms with Gasteiger partial charge in [-0.15, -0.1) is 0 Å². The zero-order valence-electron chi connectivity index (χ0n) is 15.5. The van der Waals surface area contributed by atoms with E-state index in [1.165, 1.54) is 30.4 Å². The molecule has 1 aliphatic carbocycles. The Hall–Kier alpha value is -0.860. The van der Waals surface area contributed by atoms with Gasteiger partial charge in [-0.25, -0.2) is 0 Å². The average molecular weight is 316 g/mol. The second-order valence-corrected chi connectivity index (χ2v) is 8.75. The molecule has 1 heterocycles. The maximum absolute atomic E-state index is 5.89. The van der Waals surface area contributed by atoms with Crippen molar-refractivity contribution < 1.29 is 4.74 Å². The van der Waals surface area contributed by atoms with E-state index in [1.807, 2.05) is 0 Å². The second-order valence-electron chi connectivity index (χ2n) is 8.75. The molecule has 0 N–H and O–H groups in total. The van der Waals surface area contributed by atoms with Crippen LogP contribution >= 0.6 is 0 Å². The first kappa shape index (κ1) is 17.0. The quantitative estimate of drug-likeness (QED) is 0.782. The van der Waals surface area contributed by atoms with Crippen LogP contribution in [0.25, 0.3) is 0 Å². The predicted octanol–water partition coefficient (Wildman–Crippen LogP) is 4.73. The minimum absolute atomic E-state index is 0.247. The van der Waals surface area contributed by atoms with Gasteiger partial charge < -0.3 is 4.74 Å². The van der Waals surface area contributed by atoms with Crippen LogP contribution in [-0.2, 0) is 10.2 Å². The molecule has 128 valence electrons. The topological polar surface area (TPSA) is 12.5 Å². The molecule has 3 rings (SSSR count). The Morgan fingerprint density at radius 2 is 1.57 bits per heavy atom. The van der Waals surface area contributed by atoms with Crippen molar-refractivity contribution in [1.29, 1.82) is 0 Å². The Kier molecular flexibility index (Phi) is 4.85. The minimum atomic E-state index is 0.247. The van der Waals surface area contributed by atoms with Gasteiger partial charge in [0.05, 0.1) is 12.2 Å². The third-order valence-corrected chi connectivity index (χ3v) is 5.62. The van der Waals surface area contributed by atoms with E-state index in [1.54, 1.807) is 0 Å². The van der Waals surface area contributed by atoms with Crippen molar-refractivity contribution in [2.45, 2.75) is 83.5 Å². The lowest BCUT2D eigenvalue weighted by atomic mass is 9.85. The zero-order chi connectivity index (χ0) is 16.6. The average Bonchev–Trinajstić information content (AvgIpc) is 2.95. The van der Waals surface area contributed by atoms with Crippen LogP contribution in [0.15, 0.2) is 24.3 Å². The molecule has 1 saturated carbocycles. The van der Waals surface area contributed by atoms with Gasteiger partial charge in [0, 0.05) is 19.1 Å². The van der Waals surface area contributed by atoms with Crippen LogP contribution in [0.3, 0.4) is 0 Å². The maximum Gasteiger partial charge on any atom is 0.0678 e. The summed E-state index contributed by atoms with van der Waals surface area (Å²) in [5.74, 6) is 0.738. The zero-order valence-corrected chi connectivity index (χ0v) is 15.5. The summed E-state index contributed by atoms with van der Waals surface area (Å²) in [6, 6.07) is 10.2. The van der Waals surface area contributed by atoms with Crippen molar-refractivity contribution in [3.05, 3.63) is 35.4 Å². The number of nitrogens with zero attached hydrogens (tertiary/aromatic N) is 1. The standard InChI is InChI=1S/C21H33NO/c1-15-13-22(14-16(2)23-15)20-11-8-18(12-20)17-6-9-19(10-7-17)21(3,4)5/h6-7,9-10,15-16,18,20H,8,11-14H2,1-5H3/t15-,16+,18-,20+/m0/s1. The van der Waals surface area contributed by atoms with Gasteiger partial charge in [-0.1, -0.05) is 45.0 Å². The third-order valence-electron chi connectivity index (χ3n) is 5.62. The maximum atomic E-state index is 5.89. The van der Waals surface area contributed by atoms with Crippen molar-refractivity contribution in [2.24, 2.45) is 0 Å². The van der Waals surface area contributed by atoms with Crippen LogP contribution < -0.4 is 0 Å². The molecule has 1 aromatic rings. The molecular weight excluding hydrogens is 282 g/mol. The fraction of sp³-hybridized carbons (Fsp3) is 0.714. The number of hydrogen-bond acceptors (Lipinski definition) is 2. The van der Waals surface area contributed by atoms with Crippen molar-refractivity contribution in [1.82, 2.24) is 4.90 Å². The van der Waals surface area contributed by atoms with Crippen LogP contribution in [0.5, 0.6) is 0 Å². The summed E-state index contributed by atoms with van der Waals surface area (Å²) < 4.78 is 5.89. The summed E-state index contributed by atoms with van der Waals surface area (Å²) >= 11 is 0. The molecule has 0 bridgehead atoms. The molecular formula is C21H33NO. The smallest absolute Gasteiger partial charge is 0.0678 e. The summed E-state index contributed by atoms with van der Waals surface area (Å²) in [4.78, 5) is 2.68. The van der Waals surface area contributed by atoms with E-state index < -0.39 is 0 Å². The Balaban J connectivity index is 1.63. The molecule has 2 aliphatic rings. The number of hydrogen-bond donors (Lipinski definition) is 0. The summed E-state index contributed by atoms with van der Waals surface area (Å²) in [6.45, 7) is 13.5. The molecule has 0 spiro atoms. The molecule has 0 radical (unpaired) electrons. The van der Waals surface area contributed by atoms with Crippen LogP contribution in [0.4, 0.5) is 0 Å². The Bertz CT molecular complexity index is 506. The molecule has 23 heavy (non-hydrogen) atoms. The normalized spacial score (nSPS) is 33.1. The van der Waals surface area contributed by atoms with Crippen LogP contribution in [-0.4, -0.2) is 36.2 Å². The first-order valence-corrected chi connectivity index (χ1v) is 9.33. The van der Waals surface area contributed by atoms with Gasteiger partial charge in [0.15, 0.2) is 0 Å². The second kappa shape index (κ2) is 6.57. The van der Waals surface area contributed by atoms with Gasteiger partial charge in [0.25, 0.3) is 0 Å². The molecule has 1 saturated heterocycles. The monoisotopic (exact) mass is 315 g/mol. The Morgan fingerprint density at radius 3 is 2.13 bits per heavy atom. The first-order chi connectivity index (χ1) is 10.8. The highest BCUT2D eigenvalue weighted by molar-refractivity contribution is 5.30. The van der Waals surface area contributed by atoms with Crippen molar-refractivity contribution >= 4 is 0 Å². The van der Waals surface area contributed by atoms with Gasteiger partial charge in [0.1, 0.15) is 0 Å². The van der Waals surface area contributed by atoms with E-state index >= 15 is 0 Å². The molecule has 0 aromatic heterocycles. The van der Waals surface area contributed by atoms with E-state index in [2.05, 4.69) is 63.8 Å². The fourth-order valence-corrected chi connectivity index (χ4v) is 4.36. The van der Waals surface area contributed by atoms with E-state index in [0.717, 1.165) is 25.0 Å². The van der Waals surface area contributed by atoms with Crippen LogP contribution in [0, 0.1) is 0 Å². The molecule has 0 amide bonds. The molecule has 1 aromatic carbocycles. The Labute approximate surface area is 142 Å². The molecule has 2 nitrogen and oxygen atoms in total. The third kappa shape index (κ3) is 3.97. The molecule has 1 aliphatic heterocycles. The Morgan fingerprint density at radius 1 is 0.957 bits per heavy atom. The SMILES string of the molecule is C[C@@H]1CN([C@@H]2CC[C@H](c3ccc(C(C)(C)C)cc3)C2)C[C@H](C)O1. The van der Waals surface area contributed by atoms with Crippen molar-refractivity contribution in [3.8, 4) is 0 Å². The lowest BCUT2D eigenvalue weighted by molar-refractivity contribution is -0.0796. The van der Waals surface area contributed by atoms with Crippen molar-refractivity contribution in [3.63, 3.8) is 0 Å². The van der Waals surface area contributed by atoms with Gasteiger partial charge >= 0.3 is 0 Å². The van der Waals surface area contributed by atoms with Gasteiger partial charge in [0.2, 0.25) is 0 Å². The lowest BCUT2D eigenvalue weighted by Gasteiger charge is -2.39. The number of ether oxygens (including phenoxy) is 1. The highest BCUT2D eigenvalue weighted by Crippen LogP contribution is 2.38. The molecule has 0 unspecified atom stereocenters. The number of rotatable bonds is 2. The van der Waals surface area contributed by atoms with Crippen LogP contribution in [0.2, 0.25) is 0 Å². The van der Waals surface area contributed by atoms with Gasteiger partial charge in [-0.3, -0.25) is 4.90 Å². The minimum Gasteiger partial charge on any atom is -0.373 e. The van der Waals surface area contributed by atoms with Crippen LogP contribution in [0.1, 0.15) is 70.9 Å². The van der Waals surface area contributed by atoms with Gasteiger partial charge in [-0.2, -0.15) is 0 Å². The highest BCUT2D eigenvalue weighted by atomic mass is 16.5. The first-order valence-electron chi connectivity index (χ1n) is 9.33. The largest absolute Gasteiger partial charge is 0.373 e. The van der Waals surface area contributed by atoms with E-state index in [0.29, 0.717) is 12.2 Å². The summed E-state index contributed by atoms with van der Waals surface area (Å²) in [5, 5.41) is 0.